The van der Waals surface area contributed by atoms with Crippen LogP contribution >= 0.6 is 27.7 Å². The Morgan fingerprint density at radius 3 is 2.42 bits per heavy atom. The van der Waals surface area contributed by atoms with Crippen molar-refractivity contribution in [1.29, 1.82) is 0 Å². The second-order valence-corrected chi connectivity index (χ2v) is 10.6. The van der Waals surface area contributed by atoms with E-state index < -0.39 is 11.4 Å². The summed E-state index contributed by atoms with van der Waals surface area (Å²) in [6.07, 6.45) is 0. The van der Waals surface area contributed by atoms with Crippen LogP contribution in [0.2, 0.25) is 0 Å². The molecule has 0 bridgehead atoms. The van der Waals surface area contributed by atoms with Gasteiger partial charge in [0.2, 0.25) is 0 Å². The zero-order valence-corrected chi connectivity index (χ0v) is 17.7. The molecule has 2 nitrogen and oxygen atoms in total. The standard InChI is InChI=1S/C19H24BrNOS2/c1-14(21-24(22)19(2,3)4)17-11-10-16(12-18(17)20)23-13-15-8-6-5-7-9-15/h5-12,14,21H,13H2,1-4H3/t14-,24+/m1/s1. The fourth-order valence-corrected chi connectivity index (χ4v) is 4.66. The van der Waals surface area contributed by atoms with Crippen molar-refractivity contribution in [2.75, 3.05) is 0 Å². The molecule has 1 N–H and O–H groups in total. The third kappa shape index (κ3) is 5.81. The van der Waals surface area contributed by atoms with Gasteiger partial charge in [0.05, 0.1) is 6.04 Å². The lowest BCUT2D eigenvalue weighted by Gasteiger charge is -2.27. The zero-order chi connectivity index (χ0) is 17.7. The molecule has 0 heterocycles. The quantitative estimate of drug-likeness (QED) is 0.465. The summed E-state index contributed by atoms with van der Waals surface area (Å²) >= 11 is 4.39. The Hall–Kier alpha value is -0.460. The normalized spacial score (nSPS) is 14.4. The van der Waals surface area contributed by atoms with Crippen molar-refractivity contribution in [1.82, 2.24) is 4.72 Å². The number of hydrogen-bond acceptors (Lipinski definition) is 3. The van der Waals surface area contributed by atoms with E-state index in [-0.39, 0.29) is 10.8 Å². The molecule has 0 radical (unpaired) electrons. The van der Waals surface area contributed by atoms with Crippen molar-refractivity contribution in [2.45, 2.75) is 49.1 Å². The molecule has 0 spiro atoms. The van der Waals surface area contributed by atoms with Crippen LogP contribution in [0.15, 0.2) is 57.9 Å². The van der Waals surface area contributed by atoms with E-state index in [1.54, 1.807) is 0 Å². The molecule has 0 aliphatic rings. The lowest BCUT2D eigenvalue weighted by molar-refractivity contribution is 0.531. The van der Waals surface area contributed by atoms with Gasteiger partial charge in [-0.3, -0.25) is 0 Å². The minimum Gasteiger partial charge on any atom is -0.598 e. The van der Waals surface area contributed by atoms with E-state index in [1.165, 1.54) is 10.5 Å². The molecule has 0 aromatic heterocycles. The van der Waals surface area contributed by atoms with Gasteiger partial charge in [0.15, 0.2) is 0 Å². The monoisotopic (exact) mass is 425 g/mol. The summed E-state index contributed by atoms with van der Waals surface area (Å²) in [5.41, 5.74) is 2.44. The van der Waals surface area contributed by atoms with E-state index in [4.69, 9.17) is 0 Å². The average molecular weight is 426 g/mol. The number of halogens is 1. The highest BCUT2D eigenvalue weighted by Gasteiger charge is 2.28. The van der Waals surface area contributed by atoms with Gasteiger partial charge in [-0.05, 0) is 51.0 Å². The molecular weight excluding hydrogens is 402 g/mol. The van der Waals surface area contributed by atoms with Crippen molar-refractivity contribution < 1.29 is 4.55 Å². The summed E-state index contributed by atoms with van der Waals surface area (Å²) in [7, 11) is 0. The molecule has 0 aliphatic heterocycles. The highest BCUT2D eigenvalue weighted by atomic mass is 79.9. The zero-order valence-electron chi connectivity index (χ0n) is 14.5. The molecule has 0 fully saturated rings. The first kappa shape index (κ1) is 19.9. The number of rotatable bonds is 6. The van der Waals surface area contributed by atoms with E-state index in [9.17, 15) is 4.55 Å². The van der Waals surface area contributed by atoms with Crippen molar-refractivity contribution in [3.8, 4) is 0 Å². The van der Waals surface area contributed by atoms with Crippen molar-refractivity contribution in [3.05, 3.63) is 64.1 Å². The maximum Gasteiger partial charge on any atom is 0.136 e. The maximum atomic E-state index is 12.3. The van der Waals surface area contributed by atoms with Gasteiger partial charge in [0, 0.05) is 26.5 Å². The molecule has 2 aromatic carbocycles. The summed E-state index contributed by atoms with van der Waals surface area (Å²) in [5, 5.41) is 0. The number of benzene rings is 2. The highest BCUT2D eigenvalue weighted by molar-refractivity contribution is 9.10. The Morgan fingerprint density at radius 2 is 1.83 bits per heavy atom. The smallest absolute Gasteiger partial charge is 0.136 e. The first-order valence-electron chi connectivity index (χ1n) is 7.91. The minimum atomic E-state index is -1.09. The molecule has 2 rings (SSSR count). The topological polar surface area (TPSA) is 35.1 Å². The van der Waals surface area contributed by atoms with E-state index in [2.05, 4.69) is 63.1 Å². The molecule has 2 aromatic rings. The second-order valence-electron chi connectivity index (χ2n) is 6.68. The maximum absolute atomic E-state index is 12.3. The fourth-order valence-electron chi connectivity index (χ4n) is 2.09. The molecule has 0 unspecified atom stereocenters. The van der Waals surface area contributed by atoms with Crippen LogP contribution in [0.4, 0.5) is 0 Å². The van der Waals surface area contributed by atoms with Crippen LogP contribution in [0.25, 0.3) is 0 Å². The molecular formula is C19H24BrNOS2. The van der Waals surface area contributed by atoms with Crippen LogP contribution < -0.4 is 4.72 Å². The van der Waals surface area contributed by atoms with Gasteiger partial charge in [0.25, 0.3) is 0 Å². The largest absolute Gasteiger partial charge is 0.598 e. The summed E-state index contributed by atoms with van der Waals surface area (Å²) in [6.45, 7) is 7.96. The van der Waals surface area contributed by atoms with Crippen LogP contribution in [0.1, 0.15) is 44.9 Å². The average Bonchev–Trinajstić information content (AvgIpc) is 2.53. The highest BCUT2D eigenvalue weighted by Crippen LogP contribution is 2.31. The van der Waals surface area contributed by atoms with Gasteiger partial charge < -0.3 is 4.55 Å². The number of thioether (sulfide) groups is 1. The van der Waals surface area contributed by atoms with Crippen LogP contribution in [-0.2, 0) is 17.1 Å². The van der Waals surface area contributed by atoms with Gasteiger partial charge in [-0.1, -0.05) is 52.3 Å². The molecule has 2 atom stereocenters. The summed E-state index contributed by atoms with van der Waals surface area (Å²) in [4.78, 5) is 1.22. The molecule has 24 heavy (non-hydrogen) atoms. The van der Waals surface area contributed by atoms with Crippen molar-refractivity contribution >= 4 is 39.1 Å². The Kier molecular flexibility index (Phi) is 7.25. The fraction of sp³-hybridized carbons (Fsp3) is 0.368. The molecule has 0 saturated carbocycles. The van der Waals surface area contributed by atoms with Crippen LogP contribution in [0, 0.1) is 0 Å². The predicted octanol–water partition coefficient (Wildman–Crippen LogP) is 5.85. The van der Waals surface area contributed by atoms with Gasteiger partial charge in [-0.25, -0.2) is 0 Å². The van der Waals surface area contributed by atoms with Crippen molar-refractivity contribution in [2.24, 2.45) is 0 Å². The van der Waals surface area contributed by atoms with E-state index in [1.807, 2.05) is 45.5 Å². The molecule has 0 amide bonds. The van der Waals surface area contributed by atoms with Crippen molar-refractivity contribution in [3.63, 3.8) is 0 Å². The molecule has 5 heteroatoms. The molecule has 0 aliphatic carbocycles. The summed E-state index contributed by atoms with van der Waals surface area (Å²) in [5.74, 6) is 0.953. The van der Waals surface area contributed by atoms with Gasteiger partial charge >= 0.3 is 0 Å². The van der Waals surface area contributed by atoms with Gasteiger partial charge in [-0.2, -0.15) is 0 Å². The van der Waals surface area contributed by atoms with E-state index in [0.29, 0.717) is 0 Å². The summed E-state index contributed by atoms with van der Waals surface area (Å²) < 4.78 is 16.2. The number of nitrogens with one attached hydrogen (secondary N) is 1. The lowest BCUT2D eigenvalue weighted by Crippen LogP contribution is -2.40. The molecule has 0 saturated heterocycles. The molecule has 130 valence electrons. The Bertz CT molecular complexity index is 658. The van der Waals surface area contributed by atoms with Gasteiger partial charge in [-0.15, -0.1) is 16.5 Å². The Morgan fingerprint density at radius 1 is 1.17 bits per heavy atom. The minimum absolute atomic E-state index is 0.0209. The lowest BCUT2D eigenvalue weighted by atomic mass is 10.1. The SMILES string of the molecule is C[C@@H](N[S@@+]([O-])C(C)(C)C)c1ccc(SCc2ccccc2)cc1Br. The second kappa shape index (κ2) is 8.77. The van der Waals surface area contributed by atoms with Crippen LogP contribution in [0.5, 0.6) is 0 Å². The summed E-state index contributed by atoms with van der Waals surface area (Å²) in [6, 6.07) is 16.9. The Balaban J connectivity index is 2.01. The third-order valence-electron chi connectivity index (χ3n) is 3.53. The first-order valence-corrected chi connectivity index (χ1v) is 10.8. The third-order valence-corrected chi connectivity index (χ3v) is 6.96. The van der Waals surface area contributed by atoms with E-state index >= 15 is 0 Å². The van der Waals surface area contributed by atoms with Crippen LogP contribution in [-0.4, -0.2) is 9.30 Å². The van der Waals surface area contributed by atoms with Crippen LogP contribution in [0.3, 0.4) is 0 Å². The van der Waals surface area contributed by atoms with E-state index in [0.717, 1.165) is 15.8 Å². The number of hydrogen-bond donors (Lipinski definition) is 1. The van der Waals surface area contributed by atoms with Gasteiger partial charge in [0.1, 0.15) is 4.75 Å². The predicted molar refractivity (Wildman–Crippen MR) is 110 cm³/mol. The first-order chi connectivity index (χ1) is 11.3. The Labute approximate surface area is 161 Å².